The number of halogens is 1. The zero-order valence-electron chi connectivity index (χ0n) is 18.8. The molecule has 0 saturated heterocycles. The maximum Gasteiger partial charge on any atom is 0.337 e. The molecule has 2 aromatic heterocycles. The number of sulfonamides is 1. The van der Waals surface area contributed by atoms with Crippen LogP contribution in [0, 0.1) is 5.82 Å². The molecule has 5 rings (SSSR count). The van der Waals surface area contributed by atoms with E-state index in [-0.39, 0.29) is 39.0 Å². The molecule has 1 saturated carbocycles. The largest absolute Gasteiger partial charge is 0.352 e. The normalized spacial score (nSPS) is 13.8. The van der Waals surface area contributed by atoms with Gasteiger partial charge in [0.2, 0.25) is 10.0 Å². The summed E-state index contributed by atoms with van der Waals surface area (Å²) in [6.45, 7) is 0. The third-order valence-electron chi connectivity index (χ3n) is 5.99. The Bertz CT molecular complexity index is 1860. The molecular weight excluding hydrogens is 509 g/mol. The van der Waals surface area contributed by atoms with Crippen molar-refractivity contribution in [2.75, 3.05) is 5.32 Å². The van der Waals surface area contributed by atoms with Crippen molar-refractivity contribution in [3.63, 3.8) is 0 Å². The summed E-state index contributed by atoms with van der Waals surface area (Å²) < 4.78 is 41.8. The first-order valence-electron chi connectivity index (χ1n) is 10.8. The molecule has 0 unspecified atom stereocenters. The molecule has 10 nitrogen and oxygen atoms in total. The van der Waals surface area contributed by atoms with E-state index in [2.05, 4.69) is 17.9 Å². The Balaban J connectivity index is 1.91. The first-order chi connectivity index (χ1) is 17.0. The number of aryl methyl sites for hydroxylation is 1. The molecule has 1 fully saturated rings. The summed E-state index contributed by atoms with van der Waals surface area (Å²) in [6.07, 6.45) is 1.20. The Kier molecular flexibility index (Phi) is 5.65. The van der Waals surface area contributed by atoms with Gasteiger partial charge in [0, 0.05) is 24.1 Å². The Morgan fingerprint density at radius 2 is 1.78 bits per heavy atom. The number of benzene rings is 2. The zero-order valence-corrected chi connectivity index (χ0v) is 20.5. The molecule has 0 spiro atoms. The average molecular weight is 530 g/mol. The molecule has 0 radical (unpaired) electrons. The number of rotatable bonds is 5. The molecule has 4 aromatic rings. The predicted molar refractivity (Wildman–Crippen MR) is 136 cm³/mol. The SMILES string of the molecule is Cn1c(=O)cc(Nc2ccc(S)cc2F)c2c(=O)n(C3CC3)c(=O)n(-c3cccc(S(N)(=O)=O)c3)c21. The molecule has 0 bridgehead atoms. The number of hydrogen-bond donors (Lipinski definition) is 3. The van der Waals surface area contributed by atoms with Gasteiger partial charge in [0.05, 0.1) is 22.0 Å². The second-order valence-corrected chi connectivity index (χ2v) is 10.6. The molecule has 2 heterocycles. The van der Waals surface area contributed by atoms with Gasteiger partial charge >= 0.3 is 5.69 Å². The Labute approximate surface area is 208 Å². The van der Waals surface area contributed by atoms with E-state index in [1.807, 2.05) is 0 Å². The fourth-order valence-electron chi connectivity index (χ4n) is 4.10. The highest BCUT2D eigenvalue weighted by Gasteiger charge is 2.31. The van der Waals surface area contributed by atoms with Crippen molar-refractivity contribution in [2.24, 2.45) is 12.2 Å². The second-order valence-electron chi connectivity index (χ2n) is 8.51. The number of hydrogen-bond acceptors (Lipinski definition) is 7. The summed E-state index contributed by atoms with van der Waals surface area (Å²) >= 11 is 4.10. The van der Waals surface area contributed by atoms with Crippen LogP contribution < -0.4 is 27.3 Å². The monoisotopic (exact) mass is 529 g/mol. The summed E-state index contributed by atoms with van der Waals surface area (Å²) in [4.78, 5) is 40.3. The van der Waals surface area contributed by atoms with Gasteiger partial charge in [0.1, 0.15) is 16.9 Å². The Hall–Kier alpha value is -3.68. The molecule has 0 aliphatic heterocycles. The minimum Gasteiger partial charge on any atom is -0.352 e. The summed E-state index contributed by atoms with van der Waals surface area (Å²) in [5.41, 5.74) is -1.99. The standard InChI is InChI=1S/C23H20FN5O5S2/c1-27-19(30)11-18(26-17-8-7-14(35)10-16(17)24)20-21(27)28(23(32)29(22(20)31)12-5-6-12)13-3-2-4-15(9-13)36(25,33)34/h2-4,7-12,26,35H,5-6H2,1H3,(H2,25,33,34). The summed E-state index contributed by atoms with van der Waals surface area (Å²) in [5.74, 6) is -0.659. The number of nitrogens with two attached hydrogens (primary N) is 1. The van der Waals surface area contributed by atoms with E-state index >= 15 is 0 Å². The Morgan fingerprint density at radius 1 is 1.06 bits per heavy atom. The van der Waals surface area contributed by atoms with Gasteiger partial charge < -0.3 is 5.32 Å². The Morgan fingerprint density at radius 3 is 2.42 bits per heavy atom. The molecule has 0 amide bonds. The van der Waals surface area contributed by atoms with E-state index in [4.69, 9.17) is 5.14 Å². The fourth-order valence-corrected chi connectivity index (χ4v) is 4.84. The summed E-state index contributed by atoms with van der Waals surface area (Å²) in [7, 11) is -2.73. The van der Waals surface area contributed by atoms with Crippen LogP contribution >= 0.6 is 12.6 Å². The molecule has 1 aliphatic rings. The van der Waals surface area contributed by atoms with Crippen molar-refractivity contribution >= 4 is 45.1 Å². The fraction of sp³-hybridized carbons (Fsp3) is 0.174. The number of nitrogens with zero attached hydrogens (tertiary/aromatic N) is 3. The predicted octanol–water partition coefficient (Wildman–Crippen LogP) is 2.00. The molecule has 1 aliphatic carbocycles. The lowest BCUT2D eigenvalue weighted by Crippen LogP contribution is -2.41. The summed E-state index contributed by atoms with van der Waals surface area (Å²) in [5, 5.41) is 8.04. The topological polar surface area (TPSA) is 138 Å². The van der Waals surface area contributed by atoms with Gasteiger partial charge in [0.15, 0.2) is 0 Å². The van der Waals surface area contributed by atoms with Crippen LogP contribution in [0.2, 0.25) is 0 Å². The maximum absolute atomic E-state index is 14.6. The highest BCUT2D eigenvalue weighted by molar-refractivity contribution is 7.89. The molecule has 36 heavy (non-hydrogen) atoms. The third-order valence-corrected chi connectivity index (χ3v) is 7.18. The minimum absolute atomic E-state index is 0.00494. The van der Waals surface area contributed by atoms with E-state index in [1.165, 1.54) is 49.5 Å². The van der Waals surface area contributed by atoms with Crippen molar-refractivity contribution in [1.29, 1.82) is 0 Å². The minimum atomic E-state index is -4.11. The van der Waals surface area contributed by atoms with Crippen molar-refractivity contribution in [3.8, 4) is 5.69 Å². The van der Waals surface area contributed by atoms with Crippen molar-refractivity contribution in [3.05, 3.63) is 85.5 Å². The van der Waals surface area contributed by atoms with E-state index < -0.39 is 32.6 Å². The average Bonchev–Trinajstić information content (AvgIpc) is 3.63. The van der Waals surface area contributed by atoms with Crippen LogP contribution in [0.3, 0.4) is 0 Å². The van der Waals surface area contributed by atoms with Crippen LogP contribution in [0.15, 0.2) is 72.7 Å². The number of fused-ring (bicyclic) bond motifs is 1. The third kappa shape index (κ3) is 4.04. The van der Waals surface area contributed by atoms with Crippen LogP contribution in [-0.2, 0) is 17.1 Å². The first-order valence-corrected chi connectivity index (χ1v) is 12.8. The van der Waals surface area contributed by atoms with Crippen molar-refractivity contribution in [1.82, 2.24) is 13.7 Å². The number of aromatic nitrogens is 3. The van der Waals surface area contributed by atoms with Crippen LogP contribution in [-0.4, -0.2) is 22.1 Å². The van der Waals surface area contributed by atoms with E-state index in [9.17, 15) is 27.2 Å². The van der Waals surface area contributed by atoms with Crippen LogP contribution in [0.4, 0.5) is 15.8 Å². The molecule has 3 N–H and O–H groups in total. The zero-order chi connectivity index (χ0) is 25.9. The van der Waals surface area contributed by atoms with Gasteiger partial charge in [-0.25, -0.2) is 27.3 Å². The van der Waals surface area contributed by atoms with Crippen LogP contribution in [0.1, 0.15) is 18.9 Å². The molecule has 0 atom stereocenters. The summed E-state index contributed by atoms with van der Waals surface area (Å²) in [6, 6.07) is 10.2. The van der Waals surface area contributed by atoms with Crippen LogP contribution in [0.5, 0.6) is 0 Å². The van der Waals surface area contributed by atoms with E-state index in [1.54, 1.807) is 0 Å². The second kappa shape index (κ2) is 8.47. The lowest BCUT2D eigenvalue weighted by atomic mass is 10.2. The number of pyridine rings is 1. The molecule has 13 heteroatoms. The van der Waals surface area contributed by atoms with E-state index in [0.29, 0.717) is 17.7 Å². The van der Waals surface area contributed by atoms with Gasteiger partial charge in [0.25, 0.3) is 11.1 Å². The maximum atomic E-state index is 14.6. The van der Waals surface area contributed by atoms with Gasteiger partial charge in [-0.05, 0) is 49.2 Å². The molecule has 186 valence electrons. The van der Waals surface area contributed by atoms with Gasteiger partial charge in [-0.3, -0.25) is 18.7 Å². The molecular formula is C23H20FN5O5S2. The van der Waals surface area contributed by atoms with Crippen molar-refractivity contribution < 1.29 is 12.8 Å². The van der Waals surface area contributed by atoms with Crippen LogP contribution in [0.25, 0.3) is 16.7 Å². The highest BCUT2D eigenvalue weighted by Crippen LogP contribution is 2.34. The molecule has 2 aromatic carbocycles. The number of thiol groups is 1. The lowest BCUT2D eigenvalue weighted by molar-refractivity contribution is 0.597. The lowest BCUT2D eigenvalue weighted by Gasteiger charge is -2.19. The highest BCUT2D eigenvalue weighted by atomic mass is 32.2. The van der Waals surface area contributed by atoms with Gasteiger partial charge in [-0.1, -0.05) is 6.07 Å². The first kappa shape index (κ1) is 24.0. The smallest absolute Gasteiger partial charge is 0.337 e. The van der Waals surface area contributed by atoms with E-state index in [0.717, 1.165) is 19.8 Å². The quantitative estimate of drug-likeness (QED) is 0.338. The van der Waals surface area contributed by atoms with Gasteiger partial charge in [-0.15, -0.1) is 12.6 Å². The van der Waals surface area contributed by atoms with Gasteiger partial charge in [-0.2, -0.15) is 0 Å². The number of nitrogens with one attached hydrogen (secondary N) is 1. The number of anilines is 2. The van der Waals surface area contributed by atoms with Crippen molar-refractivity contribution in [2.45, 2.75) is 28.7 Å². The number of primary sulfonamides is 1.